The number of aromatic amines is 1. The molecular weight excluding hydrogens is 390 g/mol. The van der Waals surface area contributed by atoms with Gasteiger partial charge in [-0.05, 0) is 73.1 Å². The van der Waals surface area contributed by atoms with Crippen molar-refractivity contribution in [2.45, 2.75) is 26.8 Å². The van der Waals surface area contributed by atoms with E-state index in [1.165, 1.54) is 11.1 Å². The first-order chi connectivity index (χ1) is 14.6. The van der Waals surface area contributed by atoms with E-state index in [0.717, 1.165) is 34.5 Å². The monoisotopic (exact) mass is 415 g/mol. The Hall–Kier alpha value is -3.25. The lowest BCUT2D eigenvalue weighted by molar-refractivity contribution is 0.814. The molecule has 30 heavy (non-hydrogen) atoms. The van der Waals surface area contributed by atoms with Crippen LogP contribution in [-0.2, 0) is 13.0 Å². The molecule has 2 N–H and O–H groups in total. The average molecular weight is 416 g/mol. The molecule has 4 rings (SSSR count). The number of para-hydroxylation sites is 1. The van der Waals surface area contributed by atoms with Crippen molar-refractivity contribution in [1.29, 1.82) is 0 Å². The Balaban J connectivity index is 1.43. The molecule has 0 aliphatic heterocycles. The van der Waals surface area contributed by atoms with Gasteiger partial charge in [-0.2, -0.15) is 0 Å². The van der Waals surface area contributed by atoms with E-state index in [2.05, 4.69) is 64.4 Å². The summed E-state index contributed by atoms with van der Waals surface area (Å²) < 4.78 is 0. The maximum Gasteiger partial charge on any atom is 0.173 e. The number of hydrogen-bond acceptors (Lipinski definition) is 3. The SMILES string of the molecule is Cc1cc2nc(CCNC(=S)N(Cc3cccnc3)c3ccccc3)[nH]c2cc1C. The van der Waals surface area contributed by atoms with Gasteiger partial charge >= 0.3 is 0 Å². The van der Waals surface area contributed by atoms with E-state index >= 15 is 0 Å². The Morgan fingerprint density at radius 2 is 1.87 bits per heavy atom. The van der Waals surface area contributed by atoms with Crippen LogP contribution in [0.1, 0.15) is 22.5 Å². The van der Waals surface area contributed by atoms with Gasteiger partial charge in [0.05, 0.1) is 17.6 Å². The molecule has 0 spiro atoms. The largest absolute Gasteiger partial charge is 0.362 e. The summed E-state index contributed by atoms with van der Waals surface area (Å²) >= 11 is 5.73. The molecule has 0 saturated carbocycles. The lowest BCUT2D eigenvalue weighted by atomic mass is 10.1. The average Bonchev–Trinajstić information content (AvgIpc) is 3.15. The number of aromatic nitrogens is 3. The number of pyridine rings is 1. The molecule has 0 saturated heterocycles. The predicted octanol–water partition coefficient (Wildman–Crippen LogP) is 4.70. The van der Waals surface area contributed by atoms with Crippen molar-refractivity contribution < 1.29 is 0 Å². The number of benzene rings is 2. The molecule has 5 nitrogen and oxygen atoms in total. The molecular formula is C24H25N5S. The van der Waals surface area contributed by atoms with Crippen LogP contribution < -0.4 is 10.2 Å². The lowest BCUT2D eigenvalue weighted by Gasteiger charge is -2.26. The molecule has 2 aromatic heterocycles. The normalized spacial score (nSPS) is 10.9. The van der Waals surface area contributed by atoms with Crippen LogP contribution in [0.4, 0.5) is 5.69 Å². The van der Waals surface area contributed by atoms with E-state index in [4.69, 9.17) is 17.2 Å². The van der Waals surface area contributed by atoms with Crippen molar-refractivity contribution in [3.63, 3.8) is 0 Å². The zero-order valence-corrected chi connectivity index (χ0v) is 18.0. The molecule has 0 aliphatic carbocycles. The molecule has 0 aliphatic rings. The second-order valence-electron chi connectivity index (χ2n) is 7.40. The van der Waals surface area contributed by atoms with Crippen LogP contribution in [-0.4, -0.2) is 26.6 Å². The van der Waals surface area contributed by atoms with Crippen LogP contribution >= 0.6 is 12.2 Å². The summed E-state index contributed by atoms with van der Waals surface area (Å²) in [5.41, 5.74) is 6.78. The second kappa shape index (κ2) is 9.05. The molecule has 0 amide bonds. The van der Waals surface area contributed by atoms with Crippen molar-refractivity contribution in [1.82, 2.24) is 20.3 Å². The maximum absolute atomic E-state index is 5.73. The minimum absolute atomic E-state index is 0.660. The second-order valence-corrected chi connectivity index (χ2v) is 7.79. The fraction of sp³-hybridized carbons (Fsp3) is 0.208. The number of hydrogen-bond donors (Lipinski definition) is 2. The molecule has 6 heteroatoms. The summed E-state index contributed by atoms with van der Waals surface area (Å²) in [6, 6.07) is 18.5. The van der Waals surface area contributed by atoms with Crippen molar-refractivity contribution in [2.24, 2.45) is 0 Å². The molecule has 0 atom stereocenters. The number of imidazole rings is 1. The highest BCUT2D eigenvalue weighted by molar-refractivity contribution is 7.80. The Kier molecular flexibility index (Phi) is 6.05. The summed E-state index contributed by atoms with van der Waals surface area (Å²) in [7, 11) is 0. The van der Waals surface area contributed by atoms with E-state index in [1.807, 2.05) is 30.5 Å². The highest BCUT2D eigenvalue weighted by atomic mass is 32.1. The summed E-state index contributed by atoms with van der Waals surface area (Å²) in [4.78, 5) is 14.5. The quantitative estimate of drug-likeness (QED) is 0.447. The predicted molar refractivity (Wildman–Crippen MR) is 127 cm³/mol. The first kappa shape index (κ1) is 20.0. The molecule has 152 valence electrons. The minimum atomic E-state index is 0.660. The standard InChI is InChI=1S/C24H25N5S/c1-17-13-21-22(14-18(17)2)28-23(27-21)10-12-26-24(30)29(20-8-4-3-5-9-20)16-19-7-6-11-25-15-19/h3-9,11,13-15H,10,12,16H2,1-2H3,(H,26,30)(H,27,28). The molecule has 0 bridgehead atoms. The number of rotatable bonds is 6. The number of nitrogens with zero attached hydrogens (tertiary/aromatic N) is 3. The van der Waals surface area contributed by atoms with Crippen LogP contribution in [0.15, 0.2) is 67.0 Å². The van der Waals surface area contributed by atoms with Gasteiger partial charge in [0, 0.05) is 31.0 Å². The molecule has 2 heterocycles. The van der Waals surface area contributed by atoms with Crippen molar-refractivity contribution in [3.05, 3.63) is 89.5 Å². The number of aryl methyl sites for hydroxylation is 2. The smallest absolute Gasteiger partial charge is 0.173 e. The minimum Gasteiger partial charge on any atom is -0.362 e. The Labute approximate surface area is 182 Å². The first-order valence-electron chi connectivity index (χ1n) is 10.1. The van der Waals surface area contributed by atoms with Gasteiger partial charge in [-0.25, -0.2) is 4.98 Å². The molecule has 2 aromatic carbocycles. The number of nitrogens with one attached hydrogen (secondary N) is 2. The summed E-state index contributed by atoms with van der Waals surface area (Å²) in [5.74, 6) is 0.962. The van der Waals surface area contributed by atoms with E-state index < -0.39 is 0 Å². The lowest BCUT2D eigenvalue weighted by Crippen LogP contribution is -2.40. The van der Waals surface area contributed by atoms with Crippen molar-refractivity contribution >= 4 is 34.1 Å². The molecule has 4 aromatic rings. The number of anilines is 1. The van der Waals surface area contributed by atoms with Gasteiger partial charge in [0.1, 0.15) is 5.82 Å². The first-order valence-corrected chi connectivity index (χ1v) is 10.5. The van der Waals surface area contributed by atoms with Gasteiger partial charge in [0.2, 0.25) is 0 Å². The van der Waals surface area contributed by atoms with E-state index in [0.29, 0.717) is 18.2 Å². The fourth-order valence-corrected chi connectivity index (χ4v) is 3.66. The van der Waals surface area contributed by atoms with Gasteiger partial charge in [0.15, 0.2) is 5.11 Å². The van der Waals surface area contributed by atoms with Crippen molar-refractivity contribution in [3.8, 4) is 0 Å². The van der Waals surface area contributed by atoms with Gasteiger partial charge in [-0.1, -0.05) is 24.3 Å². The number of thiocarbonyl (C=S) groups is 1. The van der Waals surface area contributed by atoms with Crippen LogP contribution in [0.2, 0.25) is 0 Å². The van der Waals surface area contributed by atoms with Gasteiger partial charge < -0.3 is 15.2 Å². The van der Waals surface area contributed by atoms with Crippen LogP contribution in [0.5, 0.6) is 0 Å². The highest BCUT2D eigenvalue weighted by Crippen LogP contribution is 2.18. The summed E-state index contributed by atoms with van der Waals surface area (Å²) in [6.07, 6.45) is 4.42. The third-order valence-electron chi connectivity index (χ3n) is 5.16. The third kappa shape index (κ3) is 4.66. The third-order valence-corrected chi connectivity index (χ3v) is 5.53. The Morgan fingerprint density at radius 1 is 1.07 bits per heavy atom. The van der Waals surface area contributed by atoms with Crippen molar-refractivity contribution in [2.75, 3.05) is 11.4 Å². The Morgan fingerprint density at radius 3 is 2.63 bits per heavy atom. The molecule has 0 fully saturated rings. The van der Waals surface area contributed by atoms with E-state index in [1.54, 1.807) is 6.20 Å². The maximum atomic E-state index is 5.73. The molecule has 0 unspecified atom stereocenters. The van der Waals surface area contributed by atoms with E-state index in [-0.39, 0.29) is 0 Å². The van der Waals surface area contributed by atoms with Crippen LogP contribution in [0, 0.1) is 13.8 Å². The summed E-state index contributed by atoms with van der Waals surface area (Å²) in [5, 5.41) is 4.08. The zero-order valence-electron chi connectivity index (χ0n) is 17.2. The highest BCUT2D eigenvalue weighted by Gasteiger charge is 2.13. The van der Waals surface area contributed by atoms with Crippen LogP contribution in [0.3, 0.4) is 0 Å². The van der Waals surface area contributed by atoms with Gasteiger partial charge in [-0.15, -0.1) is 0 Å². The topological polar surface area (TPSA) is 56.8 Å². The zero-order chi connectivity index (χ0) is 20.9. The number of fused-ring (bicyclic) bond motifs is 1. The van der Waals surface area contributed by atoms with Gasteiger partial charge in [0.25, 0.3) is 0 Å². The molecule has 0 radical (unpaired) electrons. The van der Waals surface area contributed by atoms with E-state index in [9.17, 15) is 0 Å². The fourth-order valence-electron chi connectivity index (χ4n) is 3.39. The van der Waals surface area contributed by atoms with Gasteiger partial charge in [-0.3, -0.25) is 4.98 Å². The summed E-state index contributed by atoms with van der Waals surface area (Å²) in [6.45, 7) is 5.60. The van der Waals surface area contributed by atoms with Crippen LogP contribution in [0.25, 0.3) is 11.0 Å². The Bertz CT molecular complexity index is 1100. The number of H-pyrrole nitrogens is 1.